The van der Waals surface area contributed by atoms with Crippen molar-refractivity contribution in [2.75, 3.05) is 44.2 Å². The number of sulfonamides is 1. The van der Waals surface area contributed by atoms with Gasteiger partial charge in [-0.3, -0.25) is 4.79 Å². The predicted octanol–water partition coefficient (Wildman–Crippen LogP) is 3.39. The first-order valence-electron chi connectivity index (χ1n) is 10.2. The predicted molar refractivity (Wildman–Crippen MR) is 121 cm³/mol. The first-order valence-corrected chi connectivity index (χ1v) is 12.9. The van der Waals surface area contributed by atoms with E-state index in [1.165, 1.54) is 11.3 Å². The summed E-state index contributed by atoms with van der Waals surface area (Å²) in [6, 6.07) is 9.20. The molecule has 0 aliphatic carbocycles. The smallest absolute Gasteiger partial charge is 0.252 e. The van der Waals surface area contributed by atoms with Gasteiger partial charge in [-0.05, 0) is 49.6 Å². The maximum Gasteiger partial charge on any atom is 0.252 e. The number of anilines is 1. The molecule has 1 aromatic carbocycles. The Labute approximate surface area is 187 Å². The van der Waals surface area contributed by atoms with Gasteiger partial charge in [0.05, 0.1) is 6.42 Å². The van der Waals surface area contributed by atoms with Gasteiger partial charge in [-0.15, -0.1) is 11.3 Å². The van der Waals surface area contributed by atoms with Crippen LogP contribution in [0.1, 0.15) is 23.3 Å². The third-order valence-electron chi connectivity index (χ3n) is 5.77. The number of thiophene rings is 1. The second-order valence-corrected chi connectivity index (χ2v) is 11.6. The number of hydrogen-bond donors (Lipinski definition) is 0. The Morgan fingerprint density at radius 3 is 2.43 bits per heavy atom. The SMILES string of the molecule is Cc1ccc(Cl)cc1N1CCN(S(=O)(=O)c2ccc(CC(=O)N3CCCC3)s2)CC1. The number of likely N-dealkylation sites (tertiary alicyclic amines) is 1. The fourth-order valence-corrected chi connectivity index (χ4v) is 7.13. The van der Waals surface area contributed by atoms with E-state index in [0.29, 0.717) is 35.4 Å². The minimum Gasteiger partial charge on any atom is -0.369 e. The molecule has 3 heterocycles. The second kappa shape index (κ2) is 8.86. The van der Waals surface area contributed by atoms with Gasteiger partial charge in [0, 0.05) is 54.9 Å². The lowest BCUT2D eigenvalue weighted by Gasteiger charge is -2.36. The molecule has 2 aliphatic heterocycles. The van der Waals surface area contributed by atoms with Gasteiger partial charge in [-0.1, -0.05) is 17.7 Å². The number of halogens is 1. The summed E-state index contributed by atoms with van der Waals surface area (Å²) in [6.07, 6.45) is 2.38. The van der Waals surface area contributed by atoms with Crippen LogP contribution < -0.4 is 4.90 Å². The molecule has 2 fully saturated rings. The molecule has 0 saturated carbocycles. The van der Waals surface area contributed by atoms with Gasteiger partial charge >= 0.3 is 0 Å². The monoisotopic (exact) mass is 467 g/mol. The van der Waals surface area contributed by atoms with Crippen molar-refractivity contribution >= 4 is 44.6 Å². The standard InChI is InChI=1S/C21H26ClN3O3S2/c1-16-4-5-17(22)14-19(16)23-10-12-25(13-11-23)30(27,28)21-7-6-18(29-21)15-20(26)24-8-2-3-9-24/h4-7,14H,2-3,8-13,15H2,1H3. The highest BCUT2D eigenvalue weighted by molar-refractivity contribution is 7.91. The number of amides is 1. The zero-order valence-corrected chi connectivity index (χ0v) is 19.4. The molecule has 2 aromatic rings. The summed E-state index contributed by atoms with van der Waals surface area (Å²) in [6.45, 7) is 5.74. The van der Waals surface area contributed by atoms with Gasteiger partial charge in [0.25, 0.3) is 10.0 Å². The molecule has 1 aromatic heterocycles. The van der Waals surface area contributed by atoms with Crippen molar-refractivity contribution in [1.29, 1.82) is 0 Å². The van der Waals surface area contributed by atoms with Gasteiger partial charge in [-0.25, -0.2) is 8.42 Å². The number of rotatable bonds is 5. The molecular formula is C21H26ClN3O3S2. The Balaban J connectivity index is 1.40. The molecule has 0 spiro atoms. The van der Waals surface area contributed by atoms with Crippen LogP contribution in [-0.4, -0.2) is 62.8 Å². The van der Waals surface area contributed by atoms with Crippen LogP contribution in [0.2, 0.25) is 5.02 Å². The Hall–Kier alpha value is -1.61. The van der Waals surface area contributed by atoms with Crippen molar-refractivity contribution < 1.29 is 13.2 Å². The van der Waals surface area contributed by atoms with E-state index >= 15 is 0 Å². The molecule has 0 atom stereocenters. The van der Waals surface area contributed by atoms with Crippen LogP contribution in [0.5, 0.6) is 0 Å². The zero-order valence-electron chi connectivity index (χ0n) is 17.0. The Morgan fingerprint density at radius 2 is 1.73 bits per heavy atom. The summed E-state index contributed by atoms with van der Waals surface area (Å²) >= 11 is 7.35. The molecule has 0 radical (unpaired) electrons. The largest absolute Gasteiger partial charge is 0.369 e. The lowest BCUT2D eigenvalue weighted by molar-refractivity contribution is -0.129. The lowest BCUT2D eigenvalue weighted by atomic mass is 10.1. The van der Waals surface area contributed by atoms with E-state index < -0.39 is 10.0 Å². The van der Waals surface area contributed by atoms with Crippen LogP contribution in [0, 0.1) is 6.92 Å². The third kappa shape index (κ3) is 4.51. The molecule has 30 heavy (non-hydrogen) atoms. The van der Waals surface area contributed by atoms with Crippen LogP contribution >= 0.6 is 22.9 Å². The number of nitrogens with zero attached hydrogens (tertiary/aromatic N) is 3. The molecular weight excluding hydrogens is 442 g/mol. The van der Waals surface area contributed by atoms with Gasteiger partial charge in [-0.2, -0.15) is 4.31 Å². The summed E-state index contributed by atoms with van der Waals surface area (Å²) in [4.78, 5) is 17.2. The van der Waals surface area contributed by atoms with E-state index in [9.17, 15) is 13.2 Å². The summed E-state index contributed by atoms with van der Waals surface area (Å²) in [5, 5.41) is 0.681. The molecule has 0 N–H and O–H groups in total. The fourth-order valence-electron chi connectivity index (χ4n) is 4.04. The number of benzene rings is 1. The lowest BCUT2D eigenvalue weighted by Crippen LogP contribution is -2.48. The summed E-state index contributed by atoms with van der Waals surface area (Å²) in [7, 11) is -3.55. The van der Waals surface area contributed by atoms with E-state index in [0.717, 1.165) is 42.1 Å². The van der Waals surface area contributed by atoms with Crippen molar-refractivity contribution in [3.63, 3.8) is 0 Å². The first-order chi connectivity index (χ1) is 14.3. The molecule has 2 aliphatic rings. The Bertz CT molecular complexity index is 1020. The molecule has 1 amide bonds. The van der Waals surface area contributed by atoms with Crippen molar-refractivity contribution in [2.24, 2.45) is 0 Å². The number of hydrogen-bond acceptors (Lipinski definition) is 5. The van der Waals surface area contributed by atoms with Gasteiger partial charge in [0.2, 0.25) is 5.91 Å². The molecule has 0 bridgehead atoms. The van der Waals surface area contributed by atoms with E-state index in [-0.39, 0.29) is 12.3 Å². The first kappa shape index (κ1) is 21.6. The van der Waals surface area contributed by atoms with E-state index in [1.807, 2.05) is 30.0 Å². The fraction of sp³-hybridized carbons (Fsp3) is 0.476. The average Bonchev–Trinajstić information content (AvgIpc) is 3.42. The topological polar surface area (TPSA) is 60.9 Å². The summed E-state index contributed by atoms with van der Waals surface area (Å²) in [5.74, 6) is 0.0869. The van der Waals surface area contributed by atoms with Gasteiger partial charge in [0.1, 0.15) is 4.21 Å². The minimum absolute atomic E-state index is 0.0869. The van der Waals surface area contributed by atoms with Crippen molar-refractivity contribution in [3.05, 3.63) is 45.8 Å². The maximum atomic E-state index is 13.1. The highest BCUT2D eigenvalue weighted by atomic mass is 35.5. The minimum atomic E-state index is -3.55. The highest BCUT2D eigenvalue weighted by Gasteiger charge is 2.30. The van der Waals surface area contributed by atoms with Crippen molar-refractivity contribution in [2.45, 2.75) is 30.4 Å². The van der Waals surface area contributed by atoms with Crippen molar-refractivity contribution in [3.8, 4) is 0 Å². The Kier molecular flexibility index (Phi) is 6.39. The molecule has 4 rings (SSSR count). The van der Waals surface area contributed by atoms with Crippen molar-refractivity contribution in [1.82, 2.24) is 9.21 Å². The maximum absolute atomic E-state index is 13.1. The van der Waals surface area contributed by atoms with Crippen LogP contribution in [0.25, 0.3) is 0 Å². The van der Waals surface area contributed by atoms with Crippen LogP contribution in [0.15, 0.2) is 34.5 Å². The average molecular weight is 468 g/mol. The van der Waals surface area contributed by atoms with Gasteiger partial charge < -0.3 is 9.80 Å². The Morgan fingerprint density at radius 1 is 1.03 bits per heavy atom. The number of carbonyl (C=O) groups excluding carboxylic acids is 1. The number of piperazine rings is 1. The number of aryl methyl sites for hydroxylation is 1. The highest BCUT2D eigenvalue weighted by Crippen LogP contribution is 2.29. The summed E-state index contributed by atoms with van der Waals surface area (Å²) < 4.78 is 28.1. The molecule has 162 valence electrons. The molecule has 0 unspecified atom stereocenters. The number of carbonyl (C=O) groups is 1. The molecule has 2 saturated heterocycles. The van der Waals surface area contributed by atoms with Crippen LogP contribution in [0.4, 0.5) is 5.69 Å². The van der Waals surface area contributed by atoms with E-state index in [2.05, 4.69) is 4.90 Å². The van der Waals surface area contributed by atoms with Crippen LogP contribution in [0.3, 0.4) is 0 Å². The molecule has 9 heteroatoms. The molecule has 6 nitrogen and oxygen atoms in total. The normalized spacial score (nSPS) is 18.2. The second-order valence-electron chi connectivity index (χ2n) is 7.81. The van der Waals surface area contributed by atoms with E-state index in [1.54, 1.807) is 16.4 Å². The third-order valence-corrected chi connectivity index (χ3v) is 9.45. The quantitative estimate of drug-likeness (QED) is 0.676. The zero-order chi connectivity index (χ0) is 21.3. The van der Waals surface area contributed by atoms with Gasteiger partial charge in [0.15, 0.2) is 0 Å². The van der Waals surface area contributed by atoms with E-state index in [4.69, 9.17) is 11.6 Å². The summed E-state index contributed by atoms with van der Waals surface area (Å²) in [5.41, 5.74) is 2.18. The van der Waals surface area contributed by atoms with Crippen LogP contribution in [-0.2, 0) is 21.2 Å².